The third-order valence-corrected chi connectivity index (χ3v) is 4.14. The molecule has 1 amide bonds. The van der Waals surface area contributed by atoms with Gasteiger partial charge in [0.15, 0.2) is 0 Å². The van der Waals surface area contributed by atoms with Crippen LogP contribution in [0.1, 0.15) is 25.7 Å². The van der Waals surface area contributed by atoms with Gasteiger partial charge in [0.25, 0.3) is 0 Å². The maximum atomic E-state index is 12.3. The third-order valence-electron chi connectivity index (χ3n) is 4.14. The molecule has 3 saturated heterocycles. The molecule has 0 aromatic carbocycles. The number of amides is 1. The van der Waals surface area contributed by atoms with Crippen LogP contribution in [0, 0.1) is 5.92 Å². The van der Waals surface area contributed by atoms with E-state index < -0.39 is 0 Å². The molecule has 0 radical (unpaired) electrons. The Bertz CT molecular complexity index is 285. The van der Waals surface area contributed by atoms with Gasteiger partial charge >= 0.3 is 0 Å². The first-order chi connectivity index (χ1) is 8.33. The molecule has 3 rings (SSSR count). The van der Waals surface area contributed by atoms with Crippen molar-refractivity contribution in [1.82, 2.24) is 9.80 Å². The van der Waals surface area contributed by atoms with Crippen molar-refractivity contribution in [2.75, 3.05) is 39.3 Å². The van der Waals surface area contributed by atoms with Gasteiger partial charge in [-0.15, -0.1) is 0 Å². The van der Waals surface area contributed by atoms with E-state index in [1.54, 1.807) is 0 Å². The quantitative estimate of drug-likeness (QED) is 0.680. The molecule has 3 aliphatic heterocycles. The second-order valence-electron chi connectivity index (χ2n) is 5.59. The number of hydrogen-bond acceptors (Lipinski definition) is 3. The summed E-state index contributed by atoms with van der Waals surface area (Å²) in [5, 5.41) is 0. The first kappa shape index (κ1) is 11.5. The largest absolute Gasteiger partial charge is 0.372 e. The van der Waals surface area contributed by atoms with E-state index in [0.29, 0.717) is 12.0 Å². The van der Waals surface area contributed by atoms with Crippen molar-refractivity contribution in [3.05, 3.63) is 0 Å². The third kappa shape index (κ3) is 2.80. The molecule has 0 saturated carbocycles. The van der Waals surface area contributed by atoms with E-state index in [0.717, 1.165) is 52.2 Å². The Morgan fingerprint density at radius 1 is 1.18 bits per heavy atom. The van der Waals surface area contributed by atoms with E-state index in [1.807, 2.05) is 0 Å². The van der Waals surface area contributed by atoms with Crippen LogP contribution in [0.4, 0.5) is 0 Å². The van der Waals surface area contributed by atoms with Gasteiger partial charge in [-0.05, 0) is 32.2 Å². The van der Waals surface area contributed by atoms with E-state index in [1.165, 1.54) is 12.8 Å². The molecular weight excluding hydrogens is 216 g/mol. The molecule has 0 aromatic rings. The minimum atomic E-state index is 0.251. The number of piperidine rings is 1. The lowest BCUT2D eigenvalue weighted by molar-refractivity contribution is -0.136. The molecule has 4 nitrogen and oxygen atoms in total. The molecule has 17 heavy (non-hydrogen) atoms. The van der Waals surface area contributed by atoms with E-state index >= 15 is 0 Å². The maximum Gasteiger partial charge on any atom is 0.226 e. The molecule has 0 N–H and O–H groups in total. The number of rotatable bonds is 3. The minimum absolute atomic E-state index is 0.251. The highest BCUT2D eigenvalue weighted by Crippen LogP contribution is 2.23. The van der Waals surface area contributed by atoms with Gasteiger partial charge in [0.2, 0.25) is 5.91 Å². The van der Waals surface area contributed by atoms with Gasteiger partial charge in [0, 0.05) is 26.2 Å². The van der Waals surface area contributed by atoms with Crippen molar-refractivity contribution < 1.29 is 9.53 Å². The number of nitrogens with zero attached hydrogens (tertiary/aromatic N) is 2. The summed E-state index contributed by atoms with van der Waals surface area (Å²) < 4.78 is 5.27. The number of hydrogen-bond donors (Lipinski definition) is 0. The predicted octanol–water partition coefficient (Wildman–Crippen LogP) is 0.720. The van der Waals surface area contributed by atoms with Gasteiger partial charge in [0.1, 0.15) is 0 Å². The normalized spacial score (nSPS) is 34.0. The summed E-state index contributed by atoms with van der Waals surface area (Å²) in [6.07, 6.45) is 5.08. The summed E-state index contributed by atoms with van der Waals surface area (Å²) in [6.45, 7) is 6.02. The van der Waals surface area contributed by atoms with Gasteiger partial charge in [-0.25, -0.2) is 0 Å². The van der Waals surface area contributed by atoms with Gasteiger partial charge in [0.05, 0.1) is 18.6 Å². The first-order valence-corrected chi connectivity index (χ1v) is 6.95. The Balaban J connectivity index is 1.52. The highest BCUT2D eigenvalue weighted by Gasteiger charge is 2.33. The first-order valence-electron chi connectivity index (χ1n) is 6.95. The summed E-state index contributed by atoms with van der Waals surface area (Å²) in [6, 6.07) is 0. The molecule has 0 aromatic heterocycles. The Kier molecular flexibility index (Phi) is 3.34. The molecule has 0 aliphatic carbocycles. The Hall–Kier alpha value is -0.610. The number of carbonyl (C=O) groups is 1. The van der Waals surface area contributed by atoms with Crippen LogP contribution in [0.15, 0.2) is 0 Å². The fourth-order valence-corrected chi connectivity index (χ4v) is 3.08. The van der Waals surface area contributed by atoms with Crippen LogP contribution in [0.25, 0.3) is 0 Å². The van der Waals surface area contributed by atoms with Crippen molar-refractivity contribution in [1.29, 1.82) is 0 Å². The number of likely N-dealkylation sites (tertiary alicyclic amines) is 2. The summed E-state index contributed by atoms with van der Waals surface area (Å²) in [4.78, 5) is 16.8. The molecular formula is C13H22N2O2. The van der Waals surface area contributed by atoms with Gasteiger partial charge in [-0.1, -0.05) is 0 Å². The van der Waals surface area contributed by atoms with Crippen LogP contribution in [0.2, 0.25) is 0 Å². The van der Waals surface area contributed by atoms with E-state index in [9.17, 15) is 4.79 Å². The van der Waals surface area contributed by atoms with Crippen LogP contribution < -0.4 is 0 Å². The van der Waals surface area contributed by atoms with Gasteiger partial charge in [-0.2, -0.15) is 0 Å². The maximum absolute atomic E-state index is 12.3. The second kappa shape index (κ2) is 4.94. The lowest BCUT2D eigenvalue weighted by Crippen LogP contribution is -2.45. The highest BCUT2D eigenvalue weighted by molar-refractivity contribution is 5.79. The summed E-state index contributed by atoms with van der Waals surface area (Å²) in [7, 11) is 0. The zero-order valence-electron chi connectivity index (χ0n) is 10.4. The second-order valence-corrected chi connectivity index (χ2v) is 5.59. The Morgan fingerprint density at radius 2 is 1.94 bits per heavy atom. The average Bonchev–Trinajstić information content (AvgIpc) is 2.99. The van der Waals surface area contributed by atoms with Crippen molar-refractivity contribution >= 4 is 5.91 Å². The van der Waals surface area contributed by atoms with Crippen LogP contribution in [-0.4, -0.2) is 61.1 Å². The topological polar surface area (TPSA) is 36.1 Å². The molecule has 0 bridgehead atoms. The molecule has 3 aliphatic rings. The SMILES string of the molecule is O=C([C@@H]1CCCN(C[C@H]2CO2)C1)N1CCCC1. The van der Waals surface area contributed by atoms with Crippen molar-refractivity contribution in [2.45, 2.75) is 31.8 Å². The van der Waals surface area contributed by atoms with Crippen LogP contribution in [0.5, 0.6) is 0 Å². The highest BCUT2D eigenvalue weighted by atomic mass is 16.6. The number of epoxide rings is 1. The summed E-state index contributed by atoms with van der Waals surface area (Å²) >= 11 is 0. The minimum Gasteiger partial charge on any atom is -0.372 e. The number of ether oxygens (including phenoxy) is 1. The monoisotopic (exact) mass is 238 g/mol. The van der Waals surface area contributed by atoms with Crippen molar-refractivity contribution in [3.8, 4) is 0 Å². The van der Waals surface area contributed by atoms with Crippen LogP contribution in [-0.2, 0) is 9.53 Å². The molecule has 96 valence electrons. The summed E-state index contributed by atoms with van der Waals surface area (Å²) in [5.41, 5.74) is 0. The zero-order valence-corrected chi connectivity index (χ0v) is 10.4. The smallest absolute Gasteiger partial charge is 0.226 e. The van der Waals surface area contributed by atoms with Crippen LogP contribution >= 0.6 is 0 Å². The fraction of sp³-hybridized carbons (Fsp3) is 0.923. The van der Waals surface area contributed by atoms with Crippen molar-refractivity contribution in [3.63, 3.8) is 0 Å². The van der Waals surface area contributed by atoms with E-state index in [-0.39, 0.29) is 5.92 Å². The standard InChI is InChI=1S/C13H22N2O2/c16-13(15-6-1-2-7-15)11-4-3-5-14(8-11)9-12-10-17-12/h11-12H,1-10H2/t11-,12+/m1/s1. The Morgan fingerprint density at radius 3 is 2.65 bits per heavy atom. The Labute approximate surface area is 103 Å². The molecule has 0 spiro atoms. The van der Waals surface area contributed by atoms with Gasteiger partial charge in [-0.3, -0.25) is 9.69 Å². The lowest BCUT2D eigenvalue weighted by Gasteiger charge is -2.33. The predicted molar refractivity (Wildman–Crippen MR) is 64.7 cm³/mol. The zero-order chi connectivity index (χ0) is 11.7. The molecule has 2 atom stereocenters. The fourth-order valence-electron chi connectivity index (χ4n) is 3.08. The number of carbonyl (C=O) groups excluding carboxylic acids is 1. The average molecular weight is 238 g/mol. The molecule has 4 heteroatoms. The van der Waals surface area contributed by atoms with Crippen molar-refractivity contribution in [2.24, 2.45) is 5.92 Å². The molecule has 3 fully saturated rings. The summed E-state index contributed by atoms with van der Waals surface area (Å²) in [5.74, 6) is 0.657. The van der Waals surface area contributed by atoms with E-state index in [2.05, 4.69) is 9.80 Å². The molecule has 3 heterocycles. The lowest BCUT2D eigenvalue weighted by atomic mass is 9.96. The van der Waals surface area contributed by atoms with Gasteiger partial charge < -0.3 is 9.64 Å². The molecule has 0 unspecified atom stereocenters. The van der Waals surface area contributed by atoms with Crippen LogP contribution in [0.3, 0.4) is 0 Å². The van der Waals surface area contributed by atoms with E-state index in [4.69, 9.17) is 4.74 Å².